The third-order valence-electron chi connectivity index (χ3n) is 10.5. The topological polar surface area (TPSA) is 56.2 Å². The number of phenols is 1. The van der Waals surface area contributed by atoms with Crippen LogP contribution in [0, 0.1) is 18.8 Å². The number of likely N-dealkylation sites (tertiary alicyclic amines) is 1. The van der Waals surface area contributed by atoms with E-state index in [0.29, 0.717) is 17.7 Å². The molecule has 1 N–H and O–H groups in total. The normalized spacial score (nSPS) is 30.7. The zero-order valence-corrected chi connectivity index (χ0v) is 23.7. The minimum atomic E-state index is -0.158. The number of nitrogens with zero attached hydrogens (tertiary/aromatic N) is 3. The summed E-state index contributed by atoms with van der Waals surface area (Å²) in [4.78, 5) is 20.4. The number of phenolic OH excluding ortho intramolecular Hbond substituents is 1. The molecule has 1 saturated heterocycles. The molecule has 0 unspecified atom stereocenters. The number of amides is 1. The van der Waals surface area contributed by atoms with Crippen LogP contribution in [0.5, 0.6) is 11.5 Å². The van der Waals surface area contributed by atoms with E-state index in [1.165, 1.54) is 36.1 Å². The first-order valence-electron chi connectivity index (χ1n) is 14.8. The average molecular weight is 528 g/mol. The van der Waals surface area contributed by atoms with Crippen LogP contribution in [0.4, 0.5) is 5.69 Å². The van der Waals surface area contributed by atoms with Crippen molar-refractivity contribution in [2.24, 2.45) is 11.8 Å². The molecule has 5 aliphatic rings. The summed E-state index contributed by atoms with van der Waals surface area (Å²) in [5.41, 5.74) is 5.77. The molecule has 2 aliphatic heterocycles. The van der Waals surface area contributed by atoms with E-state index in [9.17, 15) is 9.90 Å². The Morgan fingerprint density at radius 2 is 2.00 bits per heavy atom. The molecule has 2 saturated carbocycles. The number of rotatable bonds is 6. The third-order valence-corrected chi connectivity index (χ3v) is 10.5. The molecule has 206 valence electrons. The first-order chi connectivity index (χ1) is 18.8. The van der Waals surface area contributed by atoms with E-state index >= 15 is 0 Å². The van der Waals surface area contributed by atoms with Crippen LogP contribution < -0.4 is 9.64 Å². The van der Waals surface area contributed by atoms with Crippen LogP contribution in [0.15, 0.2) is 36.4 Å². The number of anilines is 1. The SMILES string of the molecule is Cc1cccc(C=CC(=O)N(C)[C@H]2CC[C@H]3[C@H]4Cc5c(N(C)C)cc(O)c6c5[C@@]3(CCN4CC3CC3)[C@H]2O6)c1. The molecular formula is C33H41N3O3. The van der Waals surface area contributed by atoms with E-state index in [1.54, 1.807) is 6.08 Å². The van der Waals surface area contributed by atoms with Gasteiger partial charge in [-0.1, -0.05) is 29.8 Å². The Balaban J connectivity index is 1.26. The van der Waals surface area contributed by atoms with Gasteiger partial charge in [-0.15, -0.1) is 0 Å². The van der Waals surface area contributed by atoms with Gasteiger partial charge >= 0.3 is 0 Å². The Bertz CT molecular complexity index is 1350. The molecule has 1 amide bonds. The van der Waals surface area contributed by atoms with Crippen molar-refractivity contribution in [3.8, 4) is 11.5 Å². The van der Waals surface area contributed by atoms with Crippen LogP contribution >= 0.6 is 0 Å². The van der Waals surface area contributed by atoms with Gasteiger partial charge in [-0.05, 0) is 81.0 Å². The van der Waals surface area contributed by atoms with Gasteiger partial charge in [0.15, 0.2) is 11.5 Å². The minimum Gasteiger partial charge on any atom is -0.504 e. The summed E-state index contributed by atoms with van der Waals surface area (Å²) < 4.78 is 6.83. The second kappa shape index (κ2) is 9.02. The standard InChI is InChI=1S/C33H41N3O3/c1-20-6-5-7-21(16-20)10-13-29(38)35(4)25-12-11-24-27-17-23-26(34(2)3)18-28(37)31-30(23)33(24,32(25)39-31)14-15-36(27)19-22-8-9-22/h5-7,10,13,16,18,22,24-25,27,32,37H,8-9,11-12,14-15,17,19H2,1-4H3/t24-,25-,27+,32-,33-/m0/s1. The molecule has 39 heavy (non-hydrogen) atoms. The molecule has 6 heteroatoms. The number of carbonyl (C=O) groups is 1. The van der Waals surface area contributed by atoms with Gasteiger partial charge in [-0.3, -0.25) is 9.69 Å². The molecule has 1 spiro atoms. The summed E-state index contributed by atoms with van der Waals surface area (Å²) in [5.74, 6) is 2.28. The number of ether oxygens (including phenoxy) is 1. The molecule has 2 aromatic rings. The number of aromatic hydroxyl groups is 1. The summed E-state index contributed by atoms with van der Waals surface area (Å²) >= 11 is 0. The lowest BCUT2D eigenvalue weighted by Gasteiger charge is -2.60. The summed E-state index contributed by atoms with van der Waals surface area (Å²) in [7, 11) is 6.08. The molecule has 3 aliphatic carbocycles. The van der Waals surface area contributed by atoms with Crippen molar-refractivity contribution in [2.75, 3.05) is 39.1 Å². The van der Waals surface area contributed by atoms with Gasteiger partial charge in [0.25, 0.3) is 0 Å². The third kappa shape index (κ3) is 3.81. The van der Waals surface area contributed by atoms with Crippen molar-refractivity contribution in [3.05, 3.63) is 58.7 Å². The lowest BCUT2D eigenvalue weighted by atomic mass is 9.50. The second-order valence-corrected chi connectivity index (χ2v) is 13.0. The van der Waals surface area contributed by atoms with Crippen LogP contribution in [-0.4, -0.2) is 73.2 Å². The molecule has 5 atom stereocenters. The Morgan fingerprint density at radius 1 is 1.18 bits per heavy atom. The lowest BCUT2D eigenvalue weighted by molar-refractivity contribution is -0.135. The number of hydrogen-bond acceptors (Lipinski definition) is 5. The second-order valence-electron chi connectivity index (χ2n) is 13.0. The Labute approximate surface area is 232 Å². The first-order valence-corrected chi connectivity index (χ1v) is 14.8. The predicted octanol–water partition coefficient (Wildman–Crippen LogP) is 4.76. The molecule has 7 rings (SSSR count). The molecule has 2 bridgehead atoms. The van der Waals surface area contributed by atoms with Crippen LogP contribution in [0.1, 0.15) is 54.4 Å². The van der Waals surface area contributed by atoms with Gasteiger partial charge in [-0.25, -0.2) is 0 Å². The molecule has 3 fully saturated rings. The molecular weight excluding hydrogens is 486 g/mol. The molecule has 0 radical (unpaired) electrons. The van der Waals surface area contributed by atoms with Gasteiger partial charge in [0.2, 0.25) is 5.91 Å². The maximum absolute atomic E-state index is 13.5. The monoisotopic (exact) mass is 527 g/mol. The highest BCUT2D eigenvalue weighted by molar-refractivity contribution is 5.92. The van der Waals surface area contributed by atoms with Crippen LogP contribution in [-0.2, 0) is 16.6 Å². The average Bonchev–Trinajstić information content (AvgIpc) is 3.67. The first kappa shape index (κ1) is 25.0. The highest BCUT2D eigenvalue weighted by Gasteiger charge is 2.67. The Morgan fingerprint density at radius 3 is 2.74 bits per heavy atom. The van der Waals surface area contributed by atoms with Crippen molar-refractivity contribution in [2.45, 2.75) is 69.1 Å². The van der Waals surface area contributed by atoms with Crippen molar-refractivity contribution >= 4 is 17.7 Å². The number of benzene rings is 2. The van der Waals surface area contributed by atoms with Crippen molar-refractivity contribution in [3.63, 3.8) is 0 Å². The Kier molecular flexibility index (Phi) is 5.78. The highest BCUT2D eigenvalue weighted by atomic mass is 16.5. The summed E-state index contributed by atoms with van der Waals surface area (Å²) in [5, 5.41) is 11.2. The lowest BCUT2D eigenvalue weighted by Crippen LogP contribution is -2.69. The van der Waals surface area contributed by atoms with Crippen LogP contribution in [0.25, 0.3) is 6.08 Å². The number of carbonyl (C=O) groups excluding carboxylic acids is 1. The summed E-state index contributed by atoms with van der Waals surface area (Å²) in [6.45, 7) is 4.35. The molecule has 0 aromatic heterocycles. The predicted molar refractivity (Wildman–Crippen MR) is 154 cm³/mol. The fourth-order valence-corrected chi connectivity index (χ4v) is 8.54. The summed E-state index contributed by atoms with van der Waals surface area (Å²) in [6, 6.07) is 10.6. The van der Waals surface area contributed by atoms with Crippen LogP contribution in [0.3, 0.4) is 0 Å². The van der Waals surface area contributed by atoms with Crippen molar-refractivity contribution in [1.82, 2.24) is 9.80 Å². The Hall–Kier alpha value is -2.99. The smallest absolute Gasteiger partial charge is 0.246 e. The fourth-order valence-electron chi connectivity index (χ4n) is 8.54. The number of likely N-dealkylation sites (N-methyl/N-ethyl adjacent to an activating group) is 1. The summed E-state index contributed by atoms with van der Waals surface area (Å²) in [6.07, 6.45) is 10.3. The zero-order valence-electron chi connectivity index (χ0n) is 23.7. The number of piperidine rings is 1. The molecule has 6 nitrogen and oxygen atoms in total. The van der Waals surface area contributed by atoms with Gasteiger partial charge in [0, 0.05) is 62.5 Å². The van der Waals surface area contributed by atoms with Gasteiger partial charge in [0.05, 0.1) is 6.04 Å². The van der Waals surface area contributed by atoms with E-state index in [4.69, 9.17) is 4.74 Å². The van der Waals surface area contributed by atoms with E-state index in [1.807, 2.05) is 36.2 Å². The maximum Gasteiger partial charge on any atom is 0.246 e. The maximum atomic E-state index is 13.5. The van der Waals surface area contributed by atoms with E-state index < -0.39 is 0 Å². The van der Waals surface area contributed by atoms with Crippen molar-refractivity contribution < 1.29 is 14.6 Å². The highest BCUT2D eigenvalue weighted by Crippen LogP contribution is 2.65. The van der Waals surface area contributed by atoms with Crippen molar-refractivity contribution in [1.29, 1.82) is 0 Å². The van der Waals surface area contributed by atoms with Gasteiger partial charge in [-0.2, -0.15) is 0 Å². The van der Waals surface area contributed by atoms with E-state index in [0.717, 1.165) is 49.4 Å². The number of hydrogen-bond donors (Lipinski definition) is 1. The molecule has 2 heterocycles. The zero-order chi connectivity index (χ0) is 27.1. The van der Waals surface area contributed by atoms with Gasteiger partial charge < -0.3 is 19.6 Å². The number of aryl methyl sites for hydroxylation is 1. The fraction of sp³-hybridized carbons (Fsp3) is 0.545. The van der Waals surface area contributed by atoms with Gasteiger partial charge in [0.1, 0.15) is 6.10 Å². The quantitative estimate of drug-likeness (QED) is 0.550. The van der Waals surface area contributed by atoms with E-state index in [2.05, 4.69) is 43.0 Å². The van der Waals surface area contributed by atoms with E-state index in [-0.39, 0.29) is 29.2 Å². The largest absolute Gasteiger partial charge is 0.504 e. The van der Waals surface area contributed by atoms with Crippen LogP contribution in [0.2, 0.25) is 0 Å². The molecule has 2 aromatic carbocycles. The minimum absolute atomic E-state index is 0.00728.